The van der Waals surface area contributed by atoms with Crippen molar-refractivity contribution in [3.63, 3.8) is 0 Å². The molecule has 1 nitrogen and oxygen atoms in total. The zero-order chi connectivity index (χ0) is 16.1. The molecule has 1 unspecified atom stereocenters. The number of allylic oxidation sites excluding steroid dienone is 1. The van der Waals surface area contributed by atoms with E-state index in [0.29, 0.717) is 5.92 Å². The molecule has 0 fully saturated rings. The van der Waals surface area contributed by atoms with E-state index in [2.05, 4.69) is 63.5 Å². The molecule has 0 N–H and O–H groups in total. The van der Waals surface area contributed by atoms with Crippen LogP contribution in [0.4, 0.5) is 0 Å². The number of benzene rings is 1. The fourth-order valence-electron chi connectivity index (χ4n) is 2.92. The molecule has 0 aliphatic carbocycles. The molecular formula is C21H27N. The van der Waals surface area contributed by atoms with Crippen molar-refractivity contribution in [3.8, 4) is 11.1 Å². The van der Waals surface area contributed by atoms with E-state index in [9.17, 15) is 0 Å². The van der Waals surface area contributed by atoms with Crippen molar-refractivity contribution in [2.45, 2.75) is 47.0 Å². The molecule has 1 aromatic carbocycles. The van der Waals surface area contributed by atoms with Gasteiger partial charge in [-0.05, 0) is 62.3 Å². The third-order valence-corrected chi connectivity index (χ3v) is 4.48. The maximum atomic E-state index is 4.65. The number of aryl methyl sites for hydroxylation is 3. The third kappa shape index (κ3) is 3.85. The Hall–Kier alpha value is -1.89. The molecule has 0 saturated carbocycles. The van der Waals surface area contributed by atoms with Gasteiger partial charge in [-0.2, -0.15) is 0 Å². The van der Waals surface area contributed by atoms with Crippen molar-refractivity contribution in [3.05, 3.63) is 65.5 Å². The first-order chi connectivity index (χ1) is 10.5. The second-order valence-corrected chi connectivity index (χ2v) is 6.29. The summed E-state index contributed by atoms with van der Waals surface area (Å²) < 4.78 is 0. The molecular weight excluding hydrogens is 266 g/mol. The van der Waals surface area contributed by atoms with Crippen LogP contribution in [0, 0.1) is 26.7 Å². The third-order valence-electron chi connectivity index (χ3n) is 4.48. The summed E-state index contributed by atoms with van der Waals surface area (Å²) in [5.41, 5.74) is 7.64. The van der Waals surface area contributed by atoms with Gasteiger partial charge in [-0.1, -0.05) is 43.2 Å². The van der Waals surface area contributed by atoms with Crippen molar-refractivity contribution < 1.29 is 0 Å². The van der Waals surface area contributed by atoms with Gasteiger partial charge in [-0.3, -0.25) is 4.98 Å². The quantitative estimate of drug-likeness (QED) is 0.612. The Morgan fingerprint density at radius 3 is 2.64 bits per heavy atom. The highest BCUT2D eigenvalue weighted by atomic mass is 14.7. The highest BCUT2D eigenvalue weighted by Gasteiger charge is 2.11. The minimum absolute atomic E-state index is 0.659. The van der Waals surface area contributed by atoms with Gasteiger partial charge < -0.3 is 0 Å². The Kier molecular flexibility index (Phi) is 5.54. The van der Waals surface area contributed by atoms with Crippen LogP contribution in [0.2, 0.25) is 0 Å². The van der Waals surface area contributed by atoms with Gasteiger partial charge in [-0.15, -0.1) is 6.58 Å². The number of aromatic nitrogens is 1. The van der Waals surface area contributed by atoms with Crippen LogP contribution < -0.4 is 0 Å². The van der Waals surface area contributed by atoms with E-state index in [1.54, 1.807) is 0 Å². The lowest BCUT2D eigenvalue weighted by Crippen LogP contribution is -2.05. The first kappa shape index (κ1) is 16.5. The average Bonchev–Trinajstić information content (AvgIpc) is 2.51. The molecule has 0 radical (unpaired) electrons. The minimum atomic E-state index is 0.659. The zero-order valence-electron chi connectivity index (χ0n) is 14.3. The van der Waals surface area contributed by atoms with Crippen LogP contribution >= 0.6 is 0 Å². The summed E-state index contributed by atoms with van der Waals surface area (Å²) in [6, 6.07) is 8.94. The van der Waals surface area contributed by atoms with E-state index in [4.69, 9.17) is 0 Å². The van der Waals surface area contributed by atoms with Crippen molar-refractivity contribution in [1.29, 1.82) is 0 Å². The summed E-state index contributed by atoms with van der Waals surface area (Å²) >= 11 is 0. The van der Waals surface area contributed by atoms with Gasteiger partial charge in [0, 0.05) is 17.5 Å². The van der Waals surface area contributed by atoms with Crippen LogP contribution in [0.5, 0.6) is 0 Å². The van der Waals surface area contributed by atoms with E-state index < -0.39 is 0 Å². The smallest absolute Gasteiger partial charge is 0.0405 e. The molecule has 0 amide bonds. The Bertz CT molecular complexity index is 655. The Morgan fingerprint density at radius 1 is 1.18 bits per heavy atom. The van der Waals surface area contributed by atoms with Crippen LogP contribution in [-0.4, -0.2) is 4.98 Å². The number of rotatable bonds is 6. The Balaban J connectivity index is 2.37. The zero-order valence-corrected chi connectivity index (χ0v) is 14.3. The molecule has 0 saturated heterocycles. The lowest BCUT2D eigenvalue weighted by atomic mass is 9.91. The molecule has 1 atom stereocenters. The number of hydrogen-bond donors (Lipinski definition) is 0. The Labute approximate surface area is 135 Å². The van der Waals surface area contributed by atoms with E-state index in [1.807, 2.05) is 12.3 Å². The predicted molar refractivity (Wildman–Crippen MR) is 96.2 cm³/mol. The number of hydrogen-bond acceptors (Lipinski definition) is 1. The molecule has 0 aliphatic rings. The first-order valence-corrected chi connectivity index (χ1v) is 8.19. The monoisotopic (exact) mass is 293 g/mol. The predicted octanol–water partition coefficient (Wildman–Crippen LogP) is 5.82. The first-order valence-electron chi connectivity index (χ1n) is 8.19. The normalized spacial score (nSPS) is 12.2. The maximum absolute atomic E-state index is 4.65. The molecule has 1 heteroatoms. The van der Waals surface area contributed by atoms with E-state index in [0.717, 1.165) is 18.5 Å². The summed E-state index contributed by atoms with van der Waals surface area (Å²) in [5.74, 6) is 0.659. The molecule has 1 heterocycles. The second-order valence-electron chi connectivity index (χ2n) is 6.29. The largest absolute Gasteiger partial charge is 0.261 e. The average molecular weight is 293 g/mol. The highest BCUT2D eigenvalue weighted by molar-refractivity contribution is 5.68. The molecule has 0 aliphatic heterocycles. The van der Waals surface area contributed by atoms with Gasteiger partial charge in [0.25, 0.3) is 0 Å². The van der Waals surface area contributed by atoms with Crippen molar-refractivity contribution in [1.82, 2.24) is 4.98 Å². The van der Waals surface area contributed by atoms with Gasteiger partial charge in [0.1, 0.15) is 0 Å². The summed E-state index contributed by atoms with van der Waals surface area (Å²) in [6.45, 7) is 12.6. The Morgan fingerprint density at radius 2 is 1.95 bits per heavy atom. The fraction of sp³-hybridized carbons (Fsp3) is 0.381. The van der Waals surface area contributed by atoms with E-state index in [1.165, 1.54) is 34.2 Å². The van der Waals surface area contributed by atoms with Gasteiger partial charge in [0.15, 0.2) is 0 Å². The standard InChI is InChI=1S/C21H27N/c1-6-8-18(7-2)12-19-13-20(14-22-17(19)5)21-11-15(3)9-10-16(21)4/h6,9-11,13-14,18H,1,7-8,12H2,2-5H3. The van der Waals surface area contributed by atoms with Gasteiger partial charge >= 0.3 is 0 Å². The fourth-order valence-corrected chi connectivity index (χ4v) is 2.92. The van der Waals surface area contributed by atoms with Crippen LogP contribution in [0.1, 0.15) is 42.1 Å². The minimum Gasteiger partial charge on any atom is -0.261 e. The molecule has 0 spiro atoms. The summed E-state index contributed by atoms with van der Waals surface area (Å²) in [4.78, 5) is 4.65. The molecule has 2 aromatic rings. The highest BCUT2D eigenvalue weighted by Crippen LogP contribution is 2.27. The molecule has 22 heavy (non-hydrogen) atoms. The number of pyridine rings is 1. The van der Waals surface area contributed by atoms with Crippen LogP contribution in [0.3, 0.4) is 0 Å². The second kappa shape index (κ2) is 7.40. The van der Waals surface area contributed by atoms with Gasteiger partial charge in [0.2, 0.25) is 0 Å². The van der Waals surface area contributed by atoms with Gasteiger partial charge in [-0.25, -0.2) is 0 Å². The van der Waals surface area contributed by atoms with Crippen LogP contribution in [0.15, 0.2) is 43.1 Å². The lowest BCUT2D eigenvalue weighted by Gasteiger charge is -2.16. The lowest BCUT2D eigenvalue weighted by molar-refractivity contribution is 0.512. The number of nitrogens with zero attached hydrogens (tertiary/aromatic N) is 1. The summed E-state index contributed by atoms with van der Waals surface area (Å²) in [6.07, 6.45) is 7.38. The van der Waals surface area contributed by atoms with Gasteiger partial charge in [0.05, 0.1) is 0 Å². The molecule has 2 rings (SSSR count). The molecule has 0 bridgehead atoms. The van der Waals surface area contributed by atoms with E-state index in [-0.39, 0.29) is 0 Å². The van der Waals surface area contributed by atoms with Crippen molar-refractivity contribution >= 4 is 0 Å². The van der Waals surface area contributed by atoms with Crippen LogP contribution in [-0.2, 0) is 6.42 Å². The van der Waals surface area contributed by atoms with Crippen molar-refractivity contribution in [2.75, 3.05) is 0 Å². The summed E-state index contributed by atoms with van der Waals surface area (Å²) in [5, 5.41) is 0. The SMILES string of the molecule is C=CCC(CC)Cc1cc(-c2cc(C)ccc2C)cnc1C. The maximum Gasteiger partial charge on any atom is 0.0405 e. The van der Waals surface area contributed by atoms with Crippen molar-refractivity contribution in [2.24, 2.45) is 5.92 Å². The van der Waals surface area contributed by atoms with E-state index >= 15 is 0 Å². The topological polar surface area (TPSA) is 12.9 Å². The molecule has 116 valence electrons. The molecule has 1 aromatic heterocycles. The summed E-state index contributed by atoms with van der Waals surface area (Å²) in [7, 11) is 0. The van der Waals surface area contributed by atoms with Crippen LogP contribution in [0.25, 0.3) is 11.1 Å².